The van der Waals surface area contributed by atoms with Gasteiger partial charge in [-0.3, -0.25) is 4.90 Å². The molecular formula is C31H34N4O4. The van der Waals surface area contributed by atoms with Crippen molar-refractivity contribution < 1.29 is 19.0 Å². The molecule has 6 rings (SSSR count). The van der Waals surface area contributed by atoms with Gasteiger partial charge in [0.2, 0.25) is 5.88 Å². The van der Waals surface area contributed by atoms with Crippen LogP contribution in [0.5, 0.6) is 5.88 Å². The maximum atomic E-state index is 12.2. The van der Waals surface area contributed by atoms with Gasteiger partial charge in [0.05, 0.1) is 42.9 Å². The van der Waals surface area contributed by atoms with Crippen LogP contribution in [-0.4, -0.2) is 58.3 Å². The number of hydrogen-bond acceptors (Lipinski definition) is 7. The van der Waals surface area contributed by atoms with Gasteiger partial charge in [0.25, 0.3) is 0 Å². The van der Waals surface area contributed by atoms with Crippen molar-refractivity contribution in [1.82, 2.24) is 19.4 Å². The Hall–Kier alpha value is -3.75. The highest BCUT2D eigenvalue weighted by Crippen LogP contribution is 2.30. The molecule has 2 saturated heterocycles. The summed E-state index contributed by atoms with van der Waals surface area (Å²) in [5, 5.41) is 0. The van der Waals surface area contributed by atoms with Gasteiger partial charge in [-0.1, -0.05) is 36.4 Å². The fourth-order valence-electron chi connectivity index (χ4n) is 5.43. The molecule has 4 heterocycles. The fourth-order valence-corrected chi connectivity index (χ4v) is 5.43. The lowest BCUT2D eigenvalue weighted by atomic mass is 9.93. The Kier molecular flexibility index (Phi) is 7.56. The molecule has 1 unspecified atom stereocenters. The van der Waals surface area contributed by atoms with E-state index in [1.807, 2.05) is 42.5 Å². The van der Waals surface area contributed by atoms with Crippen LogP contribution in [0.3, 0.4) is 0 Å². The van der Waals surface area contributed by atoms with Crippen LogP contribution < -0.4 is 4.74 Å². The van der Waals surface area contributed by atoms with Gasteiger partial charge in [-0.05, 0) is 62.2 Å². The number of esters is 1. The number of nitrogens with zero attached hydrogens (tertiary/aromatic N) is 4. The molecule has 2 aromatic carbocycles. The van der Waals surface area contributed by atoms with Crippen LogP contribution >= 0.6 is 0 Å². The summed E-state index contributed by atoms with van der Waals surface area (Å²) in [6.07, 6.45) is 3.31. The third-order valence-corrected chi connectivity index (χ3v) is 7.77. The molecule has 39 heavy (non-hydrogen) atoms. The Morgan fingerprint density at radius 1 is 1.00 bits per heavy atom. The van der Waals surface area contributed by atoms with Crippen molar-refractivity contribution in [2.45, 2.75) is 51.0 Å². The Bertz CT molecular complexity index is 1430. The zero-order valence-corrected chi connectivity index (χ0v) is 22.3. The van der Waals surface area contributed by atoms with E-state index >= 15 is 0 Å². The molecule has 202 valence electrons. The van der Waals surface area contributed by atoms with Crippen molar-refractivity contribution in [3.63, 3.8) is 0 Å². The minimum atomic E-state index is -0.337. The summed E-state index contributed by atoms with van der Waals surface area (Å²) in [5.41, 5.74) is 4.62. The lowest BCUT2D eigenvalue weighted by Crippen LogP contribution is -2.35. The lowest BCUT2D eigenvalue weighted by Gasteiger charge is -2.32. The first-order valence-corrected chi connectivity index (χ1v) is 13.7. The molecule has 2 fully saturated rings. The topological polar surface area (TPSA) is 78.7 Å². The molecule has 1 atom stereocenters. The number of likely N-dealkylation sites (tertiary alicyclic amines) is 1. The molecule has 0 aliphatic carbocycles. The average Bonchev–Trinajstić information content (AvgIpc) is 3.30. The number of methoxy groups -OCH3 is 1. The van der Waals surface area contributed by atoms with E-state index in [0.29, 0.717) is 24.0 Å². The summed E-state index contributed by atoms with van der Waals surface area (Å²) in [5.74, 6) is 1.76. The maximum absolute atomic E-state index is 12.2. The zero-order chi connectivity index (χ0) is 26.6. The van der Waals surface area contributed by atoms with Crippen molar-refractivity contribution >= 4 is 17.0 Å². The number of rotatable bonds is 9. The molecule has 8 heteroatoms. The summed E-state index contributed by atoms with van der Waals surface area (Å²) in [6, 6.07) is 21.8. The van der Waals surface area contributed by atoms with Gasteiger partial charge in [0, 0.05) is 24.3 Å². The Morgan fingerprint density at radius 3 is 2.56 bits per heavy atom. The zero-order valence-electron chi connectivity index (χ0n) is 22.3. The fraction of sp³-hybridized carbons (Fsp3) is 0.387. The quantitative estimate of drug-likeness (QED) is 0.285. The van der Waals surface area contributed by atoms with Gasteiger partial charge in [-0.25, -0.2) is 14.8 Å². The van der Waals surface area contributed by atoms with Crippen molar-refractivity contribution in [2.24, 2.45) is 0 Å². The van der Waals surface area contributed by atoms with Gasteiger partial charge in [0.1, 0.15) is 12.4 Å². The van der Waals surface area contributed by atoms with E-state index in [9.17, 15) is 4.79 Å². The second-order valence-corrected chi connectivity index (χ2v) is 10.3. The molecule has 4 aromatic rings. The first-order valence-electron chi connectivity index (χ1n) is 13.7. The van der Waals surface area contributed by atoms with Crippen molar-refractivity contribution in [3.8, 4) is 5.88 Å². The van der Waals surface area contributed by atoms with E-state index < -0.39 is 0 Å². The molecule has 2 aliphatic rings. The summed E-state index contributed by atoms with van der Waals surface area (Å²) >= 11 is 0. The molecule has 0 bridgehead atoms. The third kappa shape index (κ3) is 5.82. The maximum Gasteiger partial charge on any atom is 0.337 e. The number of carbonyl (C=O) groups excluding carboxylic acids is 1. The number of hydrogen-bond donors (Lipinski definition) is 0. The number of aromatic nitrogens is 3. The van der Waals surface area contributed by atoms with Crippen molar-refractivity contribution in [1.29, 1.82) is 0 Å². The van der Waals surface area contributed by atoms with Gasteiger partial charge < -0.3 is 18.8 Å². The van der Waals surface area contributed by atoms with E-state index in [4.69, 9.17) is 24.2 Å². The molecule has 0 N–H and O–H groups in total. The predicted molar refractivity (Wildman–Crippen MR) is 148 cm³/mol. The first-order chi connectivity index (χ1) is 19.2. The summed E-state index contributed by atoms with van der Waals surface area (Å²) in [7, 11) is 1.41. The van der Waals surface area contributed by atoms with E-state index in [1.165, 1.54) is 7.11 Å². The SMILES string of the molecule is COC(=O)c1ccc2nc(CN3CCC(c4cccc(OCc5ccccc5)n4)CC3)n(CC3CCO3)c2c1. The van der Waals surface area contributed by atoms with E-state index in [-0.39, 0.29) is 12.1 Å². The van der Waals surface area contributed by atoms with Gasteiger partial charge in [-0.2, -0.15) is 0 Å². The molecule has 0 saturated carbocycles. The smallest absolute Gasteiger partial charge is 0.337 e. The van der Waals surface area contributed by atoms with Gasteiger partial charge in [-0.15, -0.1) is 0 Å². The van der Waals surface area contributed by atoms with Crippen LogP contribution in [0.15, 0.2) is 66.7 Å². The highest BCUT2D eigenvalue weighted by molar-refractivity contribution is 5.93. The molecule has 0 amide bonds. The van der Waals surface area contributed by atoms with Gasteiger partial charge >= 0.3 is 5.97 Å². The second kappa shape index (κ2) is 11.6. The van der Waals surface area contributed by atoms with Crippen molar-refractivity contribution in [3.05, 3.63) is 89.4 Å². The number of pyridine rings is 1. The summed E-state index contributed by atoms with van der Waals surface area (Å²) < 4.78 is 18.9. The normalized spacial score (nSPS) is 18.1. The number of benzene rings is 2. The lowest BCUT2D eigenvalue weighted by molar-refractivity contribution is -0.0592. The summed E-state index contributed by atoms with van der Waals surface area (Å²) in [6.45, 7) is 4.77. The van der Waals surface area contributed by atoms with E-state index in [2.05, 4.69) is 27.7 Å². The highest BCUT2D eigenvalue weighted by atomic mass is 16.5. The molecule has 2 aromatic heterocycles. The minimum absolute atomic E-state index is 0.191. The van der Waals surface area contributed by atoms with E-state index in [0.717, 1.165) is 80.2 Å². The van der Waals surface area contributed by atoms with Crippen LogP contribution in [0.4, 0.5) is 0 Å². The Morgan fingerprint density at radius 2 is 1.82 bits per heavy atom. The number of ether oxygens (including phenoxy) is 3. The molecule has 0 radical (unpaired) electrons. The van der Waals surface area contributed by atoms with Crippen LogP contribution in [0.2, 0.25) is 0 Å². The van der Waals surface area contributed by atoms with Crippen LogP contribution in [-0.2, 0) is 29.2 Å². The average molecular weight is 527 g/mol. The van der Waals surface area contributed by atoms with Crippen molar-refractivity contribution in [2.75, 3.05) is 26.8 Å². The van der Waals surface area contributed by atoms with Crippen LogP contribution in [0.25, 0.3) is 11.0 Å². The minimum Gasteiger partial charge on any atom is -0.473 e. The Labute approximate surface area is 228 Å². The largest absolute Gasteiger partial charge is 0.473 e. The third-order valence-electron chi connectivity index (χ3n) is 7.77. The molecule has 0 spiro atoms. The summed E-state index contributed by atoms with van der Waals surface area (Å²) in [4.78, 5) is 24.4. The molecular weight excluding hydrogens is 492 g/mol. The number of piperidine rings is 1. The first kappa shape index (κ1) is 25.5. The molecule has 2 aliphatic heterocycles. The number of fused-ring (bicyclic) bond motifs is 1. The number of imidazole rings is 1. The van der Waals surface area contributed by atoms with Crippen LogP contribution in [0, 0.1) is 0 Å². The monoisotopic (exact) mass is 526 g/mol. The highest BCUT2D eigenvalue weighted by Gasteiger charge is 2.26. The van der Waals surface area contributed by atoms with E-state index in [1.54, 1.807) is 6.07 Å². The Balaban J connectivity index is 1.12. The second-order valence-electron chi connectivity index (χ2n) is 10.3. The predicted octanol–water partition coefficient (Wildman–Crippen LogP) is 4.97. The van der Waals surface area contributed by atoms with Crippen LogP contribution in [0.1, 0.15) is 52.6 Å². The van der Waals surface area contributed by atoms with Gasteiger partial charge in [0.15, 0.2) is 0 Å². The number of carbonyl (C=O) groups is 1. The standard InChI is InChI=1S/C31H34N4O4/c1-37-31(36)24-10-11-27-28(18-24)35(19-25-14-17-38-25)29(32-27)20-34-15-12-23(13-16-34)26-8-5-9-30(33-26)39-21-22-6-3-2-4-7-22/h2-11,18,23,25H,12-17,19-21H2,1H3. The molecule has 8 nitrogen and oxygen atoms in total.